The summed E-state index contributed by atoms with van der Waals surface area (Å²) in [5.74, 6) is -0.513. The molecule has 0 aliphatic heterocycles. The molecule has 33 heavy (non-hydrogen) atoms. The molecule has 0 spiro atoms. The monoisotopic (exact) mass is 459 g/mol. The van der Waals surface area contributed by atoms with Crippen LogP contribution in [-0.4, -0.2) is 46.0 Å². The topological polar surface area (TPSA) is 87.7 Å². The number of alkyl carbamates (subject to hydrolysis) is 1. The van der Waals surface area contributed by atoms with Crippen LogP contribution < -0.4 is 10.6 Å². The van der Waals surface area contributed by atoms with Crippen molar-refractivity contribution < 1.29 is 19.1 Å². The summed E-state index contributed by atoms with van der Waals surface area (Å²) in [5.41, 5.74) is 1.64. The molecule has 3 amide bonds. The highest BCUT2D eigenvalue weighted by atomic mass is 16.6. The number of benzene rings is 1. The normalized spacial score (nSPS) is 16.3. The molecule has 0 saturated heterocycles. The minimum Gasteiger partial charge on any atom is -0.444 e. The molecule has 2 unspecified atom stereocenters. The molecule has 7 heteroatoms. The lowest BCUT2D eigenvalue weighted by atomic mass is 9.87. The van der Waals surface area contributed by atoms with Gasteiger partial charge < -0.3 is 20.3 Å². The molecule has 7 nitrogen and oxygen atoms in total. The predicted octanol–water partition coefficient (Wildman–Crippen LogP) is 4.55. The van der Waals surface area contributed by atoms with Crippen LogP contribution in [0.3, 0.4) is 0 Å². The first kappa shape index (κ1) is 26.7. The van der Waals surface area contributed by atoms with E-state index < -0.39 is 29.3 Å². The summed E-state index contributed by atoms with van der Waals surface area (Å²) < 4.78 is 5.33. The molecular weight excluding hydrogens is 418 g/mol. The van der Waals surface area contributed by atoms with Crippen LogP contribution in [0.15, 0.2) is 18.2 Å². The van der Waals surface area contributed by atoms with Crippen LogP contribution in [0.25, 0.3) is 0 Å². The average molecular weight is 460 g/mol. The summed E-state index contributed by atoms with van der Waals surface area (Å²) in [6.45, 7) is 16.7. The van der Waals surface area contributed by atoms with Crippen molar-refractivity contribution >= 4 is 17.9 Å². The number of nitrogens with one attached hydrogen (secondary N) is 2. The van der Waals surface area contributed by atoms with Crippen molar-refractivity contribution in [3.8, 4) is 0 Å². The van der Waals surface area contributed by atoms with Gasteiger partial charge in [0.2, 0.25) is 11.8 Å². The first-order chi connectivity index (χ1) is 15.1. The average Bonchev–Trinajstić information content (AvgIpc) is 2.58. The molecule has 2 N–H and O–H groups in total. The van der Waals surface area contributed by atoms with Crippen LogP contribution in [0.5, 0.6) is 0 Å². The van der Waals surface area contributed by atoms with E-state index in [0.29, 0.717) is 0 Å². The number of rotatable bonds is 6. The van der Waals surface area contributed by atoms with Gasteiger partial charge in [-0.1, -0.05) is 23.8 Å². The van der Waals surface area contributed by atoms with Gasteiger partial charge in [-0.3, -0.25) is 9.59 Å². The lowest BCUT2D eigenvalue weighted by Gasteiger charge is -2.44. The predicted molar refractivity (Wildman–Crippen MR) is 130 cm³/mol. The fraction of sp³-hybridized carbons (Fsp3) is 0.654. The van der Waals surface area contributed by atoms with Crippen LogP contribution in [0.4, 0.5) is 4.79 Å². The SMILES string of the molecule is Cc1ccc(C)c(C(C(=O)NC(C)(C)C)N(C(=O)C(C)NC(=O)OC(C)(C)C)C2CCC2)c1. The molecule has 1 aromatic carbocycles. The van der Waals surface area contributed by atoms with Gasteiger partial charge in [0.05, 0.1) is 0 Å². The van der Waals surface area contributed by atoms with Crippen LogP contribution in [-0.2, 0) is 14.3 Å². The Balaban J connectivity index is 2.45. The zero-order chi connectivity index (χ0) is 25.1. The van der Waals surface area contributed by atoms with Crippen LogP contribution >= 0.6 is 0 Å². The lowest BCUT2D eigenvalue weighted by Crippen LogP contribution is -2.58. The maximum absolute atomic E-state index is 13.7. The molecule has 0 aromatic heterocycles. The zero-order valence-corrected chi connectivity index (χ0v) is 21.7. The van der Waals surface area contributed by atoms with Crippen LogP contribution in [0.1, 0.15) is 90.5 Å². The third-order valence-corrected chi connectivity index (χ3v) is 5.58. The van der Waals surface area contributed by atoms with E-state index in [-0.39, 0.29) is 17.9 Å². The molecule has 0 bridgehead atoms. The van der Waals surface area contributed by atoms with E-state index >= 15 is 0 Å². The molecule has 184 valence electrons. The van der Waals surface area contributed by atoms with E-state index in [4.69, 9.17) is 4.74 Å². The van der Waals surface area contributed by atoms with Crippen molar-refractivity contribution in [2.24, 2.45) is 0 Å². The summed E-state index contributed by atoms with van der Waals surface area (Å²) in [4.78, 5) is 41.4. The highest BCUT2D eigenvalue weighted by Gasteiger charge is 2.42. The maximum Gasteiger partial charge on any atom is 0.408 e. The van der Waals surface area contributed by atoms with Gasteiger partial charge in [0.15, 0.2) is 0 Å². The molecule has 0 heterocycles. The fourth-order valence-electron chi connectivity index (χ4n) is 3.86. The summed E-state index contributed by atoms with van der Waals surface area (Å²) in [6, 6.07) is 4.28. The molecule has 0 radical (unpaired) electrons. The lowest BCUT2D eigenvalue weighted by molar-refractivity contribution is -0.147. The van der Waals surface area contributed by atoms with Gasteiger partial charge in [0.1, 0.15) is 17.7 Å². The van der Waals surface area contributed by atoms with Gasteiger partial charge in [0.25, 0.3) is 0 Å². The third-order valence-electron chi connectivity index (χ3n) is 5.58. The van der Waals surface area contributed by atoms with E-state index in [2.05, 4.69) is 10.6 Å². The molecule has 1 aliphatic carbocycles. The highest BCUT2D eigenvalue weighted by Crippen LogP contribution is 2.35. The number of ether oxygens (including phenoxy) is 1. The Kier molecular flexibility index (Phi) is 8.20. The second kappa shape index (κ2) is 10.1. The number of carbonyl (C=O) groups is 3. The van der Waals surface area contributed by atoms with Crippen LogP contribution in [0.2, 0.25) is 0 Å². The number of hydrogen-bond acceptors (Lipinski definition) is 4. The van der Waals surface area contributed by atoms with Gasteiger partial charge in [-0.2, -0.15) is 0 Å². The number of aryl methyl sites for hydroxylation is 2. The number of amides is 3. The number of carbonyl (C=O) groups excluding carboxylic acids is 3. The molecule has 1 fully saturated rings. The summed E-state index contributed by atoms with van der Waals surface area (Å²) >= 11 is 0. The Morgan fingerprint density at radius 1 is 1.06 bits per heavy atom. The Hall–Kier alpha value is -2.57. The third kappa shape index (κ3) is 7.47. The van der Waals surface area contributed by atoms with Crippen molar-refractivity contribution in [2.75, 3.05) is 0 Å². The molecule has 1 saturated carbocycles. The fourth-order valence-corrected chi connectivity index (χ4v) is 3.86. The first-order valence-electron chi connectivity index (χ1n) is 11.8. The minimum atomic E-state index is -0.837. The van der Waals surface area contributed by atoms with Gasteiger partial charge in [-0.05, 0) is 92.7 Å². The van der Waals surface area contributed by atoms with E-state index in [1.165, 1.54) is 0 Å². The Labute approximate surface area is 198 Å². The van der Waals surface area contributed by atoms with Gasteiger partial charge in [0, 0.05) is 11.6 Å². The minimum absolute atomic E-state index is 0.0592. The van der Waals surface area contributed by atoms with E-state index in [1.54, 1.807) is 32.6 Å². The van der Waals surface area contributed by atoms with Crippen molar-refractivity contribution in [3.63, 3.8) is 0 Å². The van der Waals surface area contributed by atoms with E-state index in [1.807, 2.05) is 52.8 Å². The van der Waals surface area contributed by atoms with E-state index in [9.17, 15) is 14.4 Å². The van der Waals surface area contributed by atoms with Gasteiger partial charge >= 0.3 is 6.09 Å². The largest absolute Gasteiger partial charge is 0.444 e. The van der Waals surface area contributed by atoms with Crippen LogP contribution in [0, 0.1) is 13.8 Å². The molecule has 1 aliphatic rings. The second-order valence-corrected chi connectivity index (χ2v) is 11.2. The highest BCUT2D eigenvalue weighted by molar-refractivity contribution is 5.92. The summed E-state index contributed by atoms with van der Waals surface area (Å²) in [5, 5.41) is 5.72. The zero-order valence-electron chi connectivity index (χ0n) is 21.7. The van der Waals surface area contributed by atoms with Gasteiger partial charge in [-0.25, -0.2) is 4.79 Å². The summed E-state index contributed by atoms with van der Waals surface area (Å²) in [7, 11) is 0. The molecular formula is C26H41N3O4. The van der Waals surface area contributed by atoms with Crippen molar-refractivity contribution in [3.05, 3.63) is 34.9 Å². The molecule has 1 aromatic rings. The quantitative estimate of drug-likeness (QED) is 0.653. The first-order valence-corrected chi connectivity index (χ1v) is 11.8. The maximum atomic E-state index is 13.7. The standard InChI is InChI=1S/C26H41N3O4/c1-16-13-14-17(2)20(15-16)21(22(30)28-25(4,5)6)29(19-11-10-12-19)23(31)18(3)27-24(32)33-26(7,8)9/h13-15,18-19,21H,10-12H2,1-9H3,(H,27,32)(H,28,30). The number of nitrogens with zero attached hydrogens (tertiary/aromatic N) is 1. The van der Waals surface area contributed by atoms with Gasteiger partial charge in [-0.15, -0.1) is 0 Å². The summed E-state index contributed by atoms with van der Waals surface area (Å²) in [6.07, 6.45) is 2.01. The Bertz CT molecular complexity index is 879. The molecule has 2 rings (SSSR count). The number of hydrogen-bond donors (Lipinski definition) is 2. The Morgan fingerprint density at radius 2 is 1.67 bits per heavy atom. The Morgan fingerprint density at radius 3 is 2.15 bits per heavy atom. The van der Waals surface area contributed by atoms with Crippen molar-refractivity contribution in [1.29, 1.82) is 0 Å². The van der Waals surface area contributed by atoms with Crippen molar-refractivity contribution in [2.45, 2.75) is 111 Å². The second-order valence-electron chi connectivity index (χ2n) is 11.2. The van der Waals surface area contributed by atoms with Crippen molar-refractivity contribution in [1.82, 2.24) is 15.5 Å². The van der Waals surface area contributed by atoms with E-state index in [0.717, 1.165) is 36.0 Å². The molecule has 2 atom stereocenters. The smallest absolute Gasteiger partial charge is 0.408 e.